The van der Waals surface area contributed by atoms with Gasteiger partial charge in [-0.05, 0) is 49.7 Å². The zero-order valence-electron chi connectivity index (χ0n) is 12.1. The van der Waals surface area contributed by atoms with Gasteiger partial charge in [0.05, 0.1) is 0 Å². The first-order valence-corrected chi connectivity index (χ1v) is 6.90. The molecule has 20 heavy (non-hydrogen) atoms. The molecule has 4 nitrogen and oxygen atoms in total. The third kappa shape index (κ3) is 2.82. The van der Waals surface area contributed by atoms with E-state index >= 15 is 0 Å². The van der Waals surface area contributed by atoms with Gasteiger partial charge in [-0.1, -0.05) is 18.2 Å². The van der Waals surface area contributed by atoms with E-state index in [1.54, 1.807) is 6.08 Å². The van der Waals surface area contributed by atoms with E-state index in [1.165, 1.54) is 5.56 Å². The molecule has 0 bridgehead atoms. The van der Waals surface area contributed by atoms with Gasteiger partial charge in [-0.3, -0.25) is 9.67 Å². The van der Waals surface area contributed by atoms with Crippen LogP contribution in [-0.2, 0) is 13.2 Å². The van der Waals surface area contributed by atoms with E-state index in [2.05, 4.69) is 42.8 Å². The molecule has 1 N–H and O–H groups in total. The number of hydrogen-bond acceptors (Lipinski definition) is 3. The Balaban J connectivity index is 2.23. The maximum atomic E-state index is 5.95. The van der Waals surface area contributed by atoms with Gasteiger partial charge in [-0.15, -0.1) is 6.58 Å². The molecule has 5 heteroatoms. The summed E-state index contributed by atoms with van der Waals surface area (Å²) >= 11 is 5.18. The van der Waals surface area contributed by atoms with Crippen molar-refractivity contribution < 1.29 is 4.74 Å². The largest absolute Gasteiger partial charge is 0.485 e. The van der Waals surface area contributed by atoms with Crippen LogP contribution in [0.1, 0.15) is 22.5 Å². The van der Waals surface area contributed by atoms with Crippen molar-refractivity contribution in [2.24, 2.45) is 0 Å². The highest BCUT2D eigenvalue weighted by atomic mass is 32.1. The summed E-state index contributed by atoms with van der Waals surface area (Å²) in [5.41, 5.74) is 3.50. The standard InChI is InChI=1S/C15H19N3OS/c1-5-8-18-13(16-17-15(18)20)9-19-14-11(3)7-6-10(2)12(14)4/h5-7H,1,8-9H2,2-4H3,(H,17,20). The Hall–Kier alpha value is -1.88. The Labute approximate surface area is 124 Å². The number of aromatic amines is 1. The lowest BCUT2D eigenvalue weighted by atomic mass is 10.1. The number of aryl methyl sites for hydroxylation is 2. The number of aromatic nitrogens is 3. The highest BCUT2D eigenvalue weighted by Gasteiger charge is 2.10. The summed E-state index contributed by atoms with van der Waals surface area (Å²) in [4.78, 5) is 0. The maximum Gasteiger partial charge on any atom is 0.195 e. The Morgan fingerprint density at radius 3 is 2.75 bits per heavy atom. The summed E-state index contributed by atoms with van der Waals surface area (Å²) in [7, 11) is 0. The van der Waals surface area contributed by atoms with Crippen LogP contribution in [0.25, 0.3) is 0 Å². The Kier molecular flexibility index (Phi) is 4.39. The average Bonchev–Trinajstić information content (AvgIpc) is 2.76. The summed E-state index contributed by atoms with van der Waals surface area (Å²) in [5, 5.41) is 6.99. The second kappa shape index (κ2) is 6.05. The van der Waals surface area contributed by atoms with Crippen molar-refractivity contribution in [3.05, 3.63) is 52.1 Å². The molecule has 0 spiro atoms. The number of hydrogen-bond donors (Lipinski definition) is 1. The molecule has 0 aliphatic rings. The van der Waals surface area contributed by atoms with Crippen molar-refractivity contribution in [3.8, 4) is 5.75 Å². The molecule has 1 aromatic heterocycles. The fraction of sp³-hybridized carbons (Fsp3) is 0.333. The topological polar surface area (TPSA) is 42.8 Å². The zero-order valence-corrected chi connectivity index (χ0v) is 12.9. The Morgan fingerprint density at radius 2 is 2.05 bits per heavy atom. The number of H-pyrrole nitrogens is 1. The average molecular weight is 289 g/mol. The minimum atomic E-state index is 0.381. The van der Waals surface area contributed by atoms with Crippen molar-refractivity contribution in [1.29, 1.82) is 0 Å². The van der Waals surface area contributed by atoms with Crippen molar-refractivity contribution in [2.45, 2.75) is 33.9 Å². The molecule has 1 aromatic carbocycles. The van der Waals surface area contributed by atoms with Crippen molar-refractivity contribution in [1.82, 2.24) is 14.8 Å². The molecule has 0 aliphatic carbocycles. The summed E-state index contributed by atoms with van der Waals surface area (Å²) in [6.45, 7) is 10.9. The van der Waals surface area contributed by atoms with Gasteiger partial charge >= 0.3 is 0 Å². The van der Waals surface area contributed by atoms with Gasteiger partial charge in [-0.25, -0.2) is 0 Å². The molecular formula is C15H19N3OS. The lowest BCUT2D eigenvalue weighted by Gasteiger charge is -2.13. The number of rotatable bonds is 5. The number of nitrogens with one attached hydrogen (secondary N) is 1. The van der Waals surface area contributed by atoms with Gasteiger partial charge < -0.3 is 4.74 Å². The van der Waals surface area contributed by atoms with Gasteiger partial charge in [0, 0.05) is 6.54 Å². The third-order valence-corrected chi connectivity index (χ3v) is 3.68. The van der Waals surface area contributed by atoms with Crippen LogP contribution in [0.2, 0.25) is 0 Å². The Bertz CT molecular complexity index is 685. The van der Waals surface area contributed by atoms with Gasteiger partial charge in [0.1, 0.15) is 12.4 Å². The molecule has 0 fully saturated rings. The van der Waals surface area contributed by atoms with Crippen LogP contribution in [0.4, 0.5) is 0 Å². The van der Waals surface area contributed by atoms with Crippen LogP contribution >= 0.6 is 12.2 Å². The SMILES string of the molecule is C=CCn1c(COc2c(C)ccc(C)c2C)n[nH]c1=S. The van der Waals surface area contributed by atoms with E-state index in [-0.39, 0.29) is 0 Å². The number of benzene rings is 1. The maximum absolute atomic E-state index is 5.95. The molecule has 0 radical (unpaired) electrons. The van der Waals surface area contributed by atoms with E-state index in [1.807, 2.05) is 11.5 Å². The first kappa shape index (κ1) is 14.5. The van der Waals surface area contributed by atoms with Crippen molar-refractivity contribution in [3.63, 3.8) is 0 Å². The van der Waals surface area contributed by atoms with E-state index < -0.39 is 0 Å². The summed E-state index contributed by atoms with van der Waals surface area (Å²) < 4.78 is 8.41. The van der Waals surface area contributed by atoms with Crippen LogP contribution < -0.4 is 4.74 Å². The van der Waals surface area contributed by atoms with Crippen LogP contribution in [0.15, 0.2) is 24.8 Å². The third-order valence-electron chi connectivity index (χ3n) is 3.37. The van der Waals surface area contributed by atoms with Gasteiger partial charge in [0.2, 0.25) is 0 Å². The summed E-state index contributed by atoms with van der Waals surface area (Å²) in [6.07, 6.45) is 1.79. The monoisotopic (exact) mass is 289 g/mol. The van der Waals surface area contributed by atoms with Crippen LogP contribution in [0, 0.1) is 25.5 Å². The molecule has 0 saturated carbocycles. The lowest BCUT2D eigenvalue weighted by Crippen LogP contribution is -2.08. The van der Waals surface area contributed by atoms with E-state index in [4.69, 9.17) is 17.0 Å². The molecule has 2 aromatic rings. The molecule has 0 aliphatic heterocycles. The number of allylic oxidation sites excluding steroid dienone is 1. The number of nitrogens with zero attached hydrogens (tertiary/aromatic N) is 2. The van der Waals surface area contributed by atoms with Crippen LogP contribution in [-0.4, -0.2) is 14.8 Å². The fourth-order valence-electron chi connectivity index (χ4n) is 2.06. The molecular weight excluding hydrogens is 270 g/mol. The molecule has 0 unspecified atom stereocenters. The molecule has 1 heterocycles. The minimum Gasteiger partial charge on any atom is -0.485 e. The van der Waals surface area contributed by atoms with E-state index in [9.17, 15) is 0 Å². The predicted molar refractivity (Wildman–Crippen MR) is 82.6 cm³/mol. The van der Waals surface area contributed by atoms with E-state index in [0.717, 1.165) is 22.7 Å². The van der Waals surface area contributed by atoms with E-state index in [0.29, 0.717) is 17.9 Å². The lowest BCUT2D eigenvalue weighted by molar-refractivity contribution is 0.286. The summed E-state index contributed by atoms with van der Waals surface area (Å²) in [5.74, 6) is 1.69. The normalized spacial score (nSPS) is 10.6. The molecule has 0 saturated heterocycles. The molecule has 106 valence electrons. The minimum absolute atomic E-state index is 0.381. The quantitative estimate of drug-likeness (QED) is 0.675. The van der Waals surface area contributed by atoms with Crippen molar-refractivity contribution in [2.75, 3.05) is 0 Å². The van der Waals surface area contributed by atoms with Gasteiger partial charge in [0.25, 0.3) is 0 Å². The fourth-order valence-corrected chi connectivity index (χ4v) is 2.29. The first-order valence-electron chi connectivity index (χ1n) is 6.49. The van der Waals surface area contributed by atoms with Crippen LogP contribution in [0.3, 0.4) is 0 Å². The Morgan fingerprint density at radius 1 is 1.35 bits per heavy atom. The summed E-state index contributed by atoms with van der Waals surface area (Å²) in [6, 6.07) is 4.17. The highest BCUT2D eigenvalue weighted by Crippen LogP contribution is 2.26. The predicted octanol–water partition coefficient (Wildman–Crippen LogP) is 3.63. The number of ether oxygens (including phenoxy) is 1. The molecule has 0 amide bonds. The highest BCUT2D eigenvalue weighted by molar-refractivity contribution is 7.71. The molecule has 0 atom stereocenters. The van der Waals surface area contributed by atoms with Gasteiger partial charge in [0.15, 0.2) is 10.6 Å². The van der Waals surface area contributed by atoms with Crippen LogP contribution in [0.5, 0.6) is 5.75 Å². The first-order chi connectivity index (χ1) is 9.54. The van der Waals surface area contributed by atoms with Gasteiger partial charge in [-0.2, -0.15) is 5.10 Å². The molecule has 2 rings (SSSR count). The second-order valence-corrected chi connectivity index (χ2v) is 5.17. The van der Waals surface area contributed by atoms with Crippen molar-refractivity contribution >= 4 is 12.2 Å². The smallest absolute Gasteiger partial charge is 0.195 e. The second-order valence-electron chi connectivity index (χ2n) is 4.79. The zero-order chi connectivity index (χ0) is 14.7.